The molecule has 0 aromatic carbocycles. The van der Waals surface area contributed by atoms with Crippen LogP contribution in [-0.2, 0) is 4.74 Å². The number of rotatable bonds is 6. The molecule has 2 nitrogen and oxygen atoms in total. The molecule has 15 heavy (non-hydrogen) atoms. The monoisotopic (exact) mass is 209 g/mol. The lowest BCUT2D eigenvalue weighted by Gasteiger charge is -2.32. The minimum absolute atomic E-state index is 0.463. The van der Waals surface area contributed by atoms with Crippen molar-refractivity contribution >= 4 is 0 Å². The third-order valence-corrected chi connectivity index (χ3v) is 2.82. The zero-order chi connectivity index (χ0) is 10.9. The second-order valence-corrected chi connectivity index (χ2v) is 4.24. The Balaban J connectivity index is 2.14. The molecule has 0 N–H and O–H groups in total. The number of ether oxygens (including phenoxy) is 1. The molecule has 0 spiro atoms. The molecule has 2 heteroatoms. The molecule has 0 aromatic heterocycles. The maximum absolute atomic E-state index is 5.79. The number of unbranched alkanes of at least 4 members (excludes halogenated alkanes) is 1. The summed E-state index contributed by atoms with van der Waals surface area (Å²) in [6.07, 6.45) is 11.3. The maximum Gasteiger partial charge on any atom is 0.0702 e. The highest BCUT2D eigenvalue weighted by Crippen LogP contribution is 2.13. The first kappa shape index (κ1) is 12.5. The fraction of sp³-hybridized carbons (Fsp3) is 0.846. The first-order valence-electron chi connectivity index (χ1n) is 6.14. The third-order valence-electron chi connectivity index (χ3n) is 2.82. The molecule has 0 amide bonds. The van der Waals surface area contributed by atoms with Gasteiger partial charge < -0.3 is 9.64 Å². The molecule has 0 radical (unpaired) electrons. The van der Waals surface area contributed by atoms with Gasteiger partial charge in [0, 0.05) is 19.6 Å². The second kappa shape index (κ2) is 7.73. The van der Waals surface area contributed by atoms with Crippen LogP contribution >= 0.6 is 0 Å². The van der Waals surface area contributed by atoms with Crippen LogP contribution in [0.15, 0.2) is 0 Å². The molecule has 1 atom stereocenters. The molecule has 0 aliphatic carbocycles. The van der Waals surface area contributed by atoms with Crippen LogP contribution in [0.25, 0.3) is 0 Å². The predicted octanol–water partition coefficient (Wildman–Crippen LogP) is 2.29. The molecule has 0 bridgehead atoms. The van der Waals surface area contributed by atoms with Crippen LogP contribution in [0.1, 0.15) is 39.0 Å². The smallest absolute Gasteiger partial charge is 0.0702 e. The minimum Gasteiger partial charge on any atom is -0.377 e. The summed E-state index contributed by atoms with van der Waals surface area (Å²) in [7, 11) is 0. The summed E-state index contributed by atoms with van der Waals surface area (Å²) in [4.78, 5) is 2.49. The summed E-state index contributed by atoms with van der Waals surface area (Å²) in [5.41, 5.74) is 0. The standard InChI is InChI=1S/C13H23NO/c1-3-5-6-9-14-10-7-8-13(12-14)15-11-4-2/h1,13H,4-12H2,2H3. The molecular formula is C13H23NO. The summed E-state index contributed by atoms with van der Waals surface area (Å²) in [5, 5.41) is 0. The van der Waals surface area contributed by atoms with E-state index in [1.807, 2.05) is 0 Å². The Morgan fingerprint density at radius 3 is 3.13 bits per heavy atom. The zero-order valence-electron chi connectivity index (χ0n) is 9.87. The van der Waals surface area contributed by atoms with E-state index in [1.54, 1.807) is 0 Å². The largest absolute Gasteiger partial charge is 0.377 e. The van der Waals surface area contributed by atoms with E-state index in [4.69, 9.17) is 11.2 Å². The summed E-state index contributed by atoms with van der Waals surface area (Å²) in [5.74, 6) is 2.69. The van der Waals surface area contributed by atoms with Gasteiger partial charge in [0.15, 0.2) is 0 Å². The van der Waals surface area contributed by atoms with Crippen LogP contribution in [0.3, 0.4) is 0 Å². The van der Waals surface area contributed by atoms with E-state index in [9.17, 15) is 0 Å². The Hall–Kier alpha value is -0.520. The van der Waals surface area contributed by atoms with Crippen molar-refractivity contribution < 1.29 is 4.74 Å². The second-order valence-electron chi connectivity index (χ2n) is 4.24. The first-order chi connectivity index (χ1) is 7.36. The van der Waals surface area contributed by atoms with Gasteiger partial charge in [0.05, 0.1) is 6.10 Å². The number of hydrogen-bond acceptors (Lipinski definition) is 2. The van der Waals surface area contributed by atoms with E-state index in [2.05, 4.69) is 17.7 Å². The summed E-state index contributed by atoms with van der Waals surface area (Å²) >= 11 is 0. The Bertz CT molecular complexity index is 197. The lowest BCUT2D eigenvalue weighted by Crippen LogP contribution is -2.40. The number of piperidine rings is 1. The molecule has 1 fully saturated rings. The van der Waals surface area contributed by atoms with Gasteiger partial charge in [-0.05, 0) is 38.8 Å². The van der Waals surface area contributed by atoms with Crippen LogP contribution in [0.2, 0.25) is 0 Å². The van der Waals surface area contributed by atoms with Crippen molar-refractivity contribution in [2.24, 2.45) is 0 Å². The average Bonchev–Trinajstić information content (AvgIpc) is 2.27. The van der Waals surface area contributed by atoms with Crippen LogP contribution in [0, 0.1) is 12.3 Å². The Kier molecular flexibility index (Phi) is 6.47. The van der Waals surface area contributed by atoms with Crippen LogP contribution in [0.5, 0.6) is 0 Å². The fourth-order valence-corrected chi connectivity index (χ4v) is 2.04. The van der Waals surface area contributed by atoms with Crippen molar-refractivity contribution in [1.29, 1.82) is 0 Å². The molecule has 86 valence electrons. The van der Waals surface area contributed by atoms with Crippen molar-refractivity contribution in [2.75, 3.05) is 26.2 Å². The summed E-state index contributed by atoms with van der Waals surface area (Å²) in [6, 6.07) is 0. The van der Waals surface area contributed by atoms with E-state index in [0.29, 0.717) is 6.10 Å². The number of terminal acetylenes is 1. The molecule has 0 saturated carbocycles. The first-order valence-corrected chi connectivity index (χ1v) is 6.14. The van der Waals surface area contributed by atoms with Crippen molar-refractivity contribution in [2.45, 2.75) is 45.1 Å². The van der Waals surface area contributed by atoms with E-state index in [0.717, 1.165) is 39.0 Å². The van der Waals surface area contributed by atoms with Gasteiger partial charge >= 0.3 is 0 Å². The van der Waals surface area contributed by atoms with E-state index in [-0.39, 0.29) is 0 Å². The highest BCUT2D eigenvalue weighted by molar-refractivity contribution is 4.84. The van der Waals surface area contributed by atoms with E-state index >= 15 is 0 Å². The maximum atomic E-state index is 5.79. The van der Waals surface area contributed by atoms with Gasteiger partial charge in [-0.1, -0.05) is 6.92 Å². The minimum atomic E-state index is 0.463. The van der Waals surface area contributed by atoms with Crippen molar-refractivity contribution in [1.82, 2.24) is 4.90 Å². The van der Waals surface area contributed by atoms with Crippen molar-refractivity contribution in [3.8, 4) is 12.3 Å². The lowest BCUT2D eigenvalue weighted by molar-refractivity contribution is -0.000119. The topological polar surface area (TPSA) is 12.5 Å². The molecule has 1 aliphatic rings. The number of likely N-dealkylation sites (tertiary alicyclic amines) is 1. The molecule has 1 heterocycles. The third kappa shape index (κ3) is 5.20. The molecule has 1 aliphatic heterocycles. The Labute approximate surface area is 94.0 Å². The van der Waals surface area contributed by atoms with Gasteiger partial charge in [-0.2, -0.15) is 0 Å². The van der Waals surface area contributed by atoms with Crippen molar-refractivity contribution in [3.05, 3.63) is 0 Å². The van der Waals surface area contributed by atoms with E-state index < -0.39 is 0 Å². The Morgan fingerprint density at radius 2 is 2.40 bits per heavy atom. The lowest BCUT2D eigenvalue weighted by atomic mass is 10.1. The highest BCUT2D eigenvalue weighted by atomic mass is 16.5. The quantitative estimate of drug-likeness (QED) is 0.491. The van der Waals surface area contributed by atoms with Crippen molar-refractivity contribution in [3.63, 3.8) is 0 Å². The van der Waals surface area contributed by atoms with E-state index in [1.165, 1.54) is 19.4 Å². The molecule has 1 unspecified atom stereocenters. The van der Waals surface area contributed by atoms with Crippen LogP contribution < -0.4 is 0 Å². The fourth-order valence-electron chi connectivity index (χ4n) is 2.04. The van der Waals surface area contributed by atoms with Crippen LogP contribution in [0.4, 0.5) is 0 Å². The predicted molar refractivity (Wildman–Crippen MR) is 63.8 cm³/mol. The highest BCUT2D eigenvalue weighted by Gasteiger charge is 2.19. The molecular weight excluding hydrogens is 186 g/mol. The average molecular weight is 209 g/mol. The van der Waals surface area contributed by atoms with Gasteiger partial charge in [-0.15, -0.1) is 12.3 Å². The normalized spacial score (nSPS) is 22.5. The molecule has 0 aromatic rings. The Morgan fingerprint density at radius 1 is 1.53 bits per heavy atom. The summed E-state index contributed by atoms with van der Waals surface area (Å²) < 4.78 is 5.79. The van der Waals surface area contributed by atoms with Gasteiger partial charge in [0.1, 0.15) is 0 Å². The van der Waals surface area contributed by atoms with Gasteiger partial charge in [0.2, 0.25) is 0 Å². The van der Waals surface area contributed by atoms with Crippen LogP contribution in [-0.4, -0.2) is 37.2 Å². The zero-order valence-corrected chi connectivity index (χ0v) is 9.87. The SMILES string of the molecule is C#CCCCN1CCCC(OCCC)C1. The molecule has 1 rings (SSSR count). The number of nitrogens with zero attached hydrogens (tertiary/aromatic N) is 1. The molecule has 1 saturated heterocycles. The number of hydrogen-bond donors (Lipinski definition) is 0. The van der Waals surface area contributed by atoms with Gasteiger partial charge in [-0.25, -0.2) is 0 Å². The summed E-state index contributed by atoms with van der Waals surface area (Å²) in [6.45, 7) is 6.52. The van der Waals surface area contributed by atoms with Gasteiger partial charge in [-0.3, -0.25) is 0 Å². The van der Waals surface area contributed by atoms with Gasteiger partial charge in [0.25, 0.3) is 0 Å².